The van der Waals surface area contributed by atoms with Crippen LogP contribution in [0.15, 0.2) is 41.7 Å². The molecule has 7 nitrogen and oxygen atoms in total. The average Bonchev–Trinajstić information content (AvgIpc) is 3.12. The molecule has 0 saturated carbocycles. The van der Waals surface area contributed by atoms with E-state index in [1.165, 1.54) is 0 Å². The van der Waals surface area contributed by atoms with E-state index in [4.69, 9.17) is 15.2 Å². The van der Waals surface area contributed by atoms with Gasteiger partial charge in [-0.15, -0.1) is 24.0 Å². The fourth-order valence-corrected chi connectivity index (χ4v) is 2.29. The molecule has 2 aromatic rings. The highest BCUT2D eigenvalue weighted by atomic mass is 127. The fourth-order valence-electron chi connectivity index (χ4n) is 2.29. The number of rotatable bonds is 9. The van der Waals surface area contributed by atoms with Gasteiger partial charge in [0.15, 0.2) is 17.5 Å². The highest BCUT2D eigenvalue weighted by molar-refractivity contribution is 14.0. The summed E-state index contributed by atoms with van der Waals surface area (Å²) in [6.45, 7) is 2.23. The van der Waals surface area contributed by atoms with Gasteiger partial charge in [0.2, 0.25) is 0 Å². The second kappa shape index (κ2) is 11.6. The number of aliphatic imine (C=N–C) groups is 1. The summed E-state index contributed by atoms with van der Waals surface area (Å²) in [6.07, 6.45) is 5.44. The Bertz CT molecular complexity index is 646. The molecule has 0 amide bonds. The SMILES string of the molecule is COc1ccc(CCNC(N)=NCCCn2cccn2)cc1OC.I. The van der Waals surface area contributed by atoms with Crippen LogP contribution in [0, 0.1) is 0 Å². The molecular formula is C17H26IN5O2. The van der Waals surface area contributed by atoms with Crippen LogP contribution in [0.2, 0.25) is 0 Å². The molecule has 0 atom stereocenters. The number of aromatic nitrogens is 2. The van der Waals surface area contributed by atoms with Crippen LogP contribution < -0.4 is 20.5 Å². The van der Waals surface area contributed by atoms with E-state index in [9.17, 15) is 0 Å². The average molecular weight is 459 g/mol. The molecule has 3 N–H and O–H groups in total. The van der Waals surface area contributed by atoms with Crippen molar-refractivity contribution in [2.24, 2.45) is 10.7 Å². The Morgan fingerprint density at radius 3 is 2.76 bits per heavy atom. The van der Waals surface area contributed by atoms with Crippen molar-refractivity contribution in [1.82, 2.24) is 15.1 Å². The van der Waals surface area contributed by atoms with E-state index in [2.05, 4.69) is 15.4 Å². The first-order valence-electron chi connectivity index (χ1n) is 7.95. The molecule has 25 heavy (non-hydrogen) atoms. The predicted molar refractivity (Wildman–Crippen MR) is 110 cm³/mol. The lowest BCUT2D eigenvalue weighted by Gasteiger charge is -2.10. The number of methoxy groups -OCH3 is 2. The molecule has 1 heterocycles. The van der Waals surface area contributed by atoms with Crippen molar-refractivity contribution >= 4 is 29.9 Å². The van der Waals surface area contributed by atoms with Gasteiger partial charge in [-0.3, -0.25) is 9.67 Å². The zero-order chi connectivity index (χ0) is 17.2. The summed E-state index contributed by atoms with van der Waals surface area (Å²) < 4.78 is 12.4. The molecule has 0 radical (unpaired) electrons. The second-order valence-corrected chi connectivity index (χ2v) is 5.26. The van der Waals surface area contributed by atoms with Gasteiger partial charge in [-0.25, -0.2) is 0 Å². The van der Waals surface area contributed by atoms with Crippen LogP contribution in [0.1, 0.15) is 12.0 Å². The van der Waals surface area contributed by atoms with Crippen molar-refractivity contribution in [2.45, 2.75) is 19.4 Å². The lowest BCUT2D eigenvalue weighted by atomic mass is 10.1. The molecule has 0 saturated heterocycles. The number of benzene rings is 1. The Morgan fingerprint density at radius 1 is 1.28 bits per heavy atom. The first kappa shape index (κ1) is 21.1. The first-order chi connectivity index (χ1) is 11.7. The summed E-state index contributed by atoms with van der Waals surface area (Å²) >= 11 is 0. The molecule has 1 aromatic carbocycles. The van der Waals surface area contributed by atoms with Gasteiger partial charge in [-0.1, -0.05) is 6.07 Å². The van der Waals surface area contributed by atoms with Crippen LogP contribution in [-0.2, 0) is 13.0 Å². The first-order valence-corrected chi connectivity index (χ1v) is 7.95. The van der Waals surface area contributed by atoms with Gasteiger partial charge < -0.3 is 20.5 Å². The number of nitrogens with two attached hydrogens (primary N) is 1. The van der Waals surface area contributed by atoms with Crippen LogP contribution >= 0.6 is 24.0 Å². The van der Waals surface area contributed by atoms with Crippen molar-refractivity contribution in [3.8, 4) is 11.5 Å². The maximum Gasteiger partial charge on any atom is 0.188 e. The van der Waals surface area contributed by atoms with E-state index in [0.29, 0.717) is 19.0 Å². The number of hydrogen-bond acceptors (Lipinski definition) is 4. The van der Waals surface area contributed by atoms with Gasteiger partial charge >= 0.3 is 0 Å². The number of nitrogens with zero attached hydrogens (tertiary/aromatic N) is 3. The Hall–Kier alpha value is -1.97. The largest absolute Gasteiger partial charge is 0.493 e. The fraction of sp³-hybridized carbons (Fsp3) is 0.412. The molecule has 8 heteroatoms. The molecule has 0 aliphatic heterocycles. The van der Waals surface area contributed by atoms with Crippen molar-refractivity contribution in [3.63, 3.8) is 0 Å². The standard InChI is InChI=1S/C17H25N5O2.HI/c1-23-15-6-5-14(13-16(15)24-2)7-10-20-17(18)19-8-3-11-22-12-4-9-21-22;/h4-6,9,12-13H,3,7-8,10-11H2,1-2H3,(H3,18,19,20);1H. The van der Waals surface area contributed by atoms with E-state index >= 15 is 0 Å². The van der Waals surface area contributed by atoms with E-state index in [1.807, 2.05) is 35.1 Å². The van der Waals surface area contributed by atoms with Crippen LogP contribution in [-0.4, -0.2) is 43.0 Å². The highest BCUT2D eigenvalue weighted by Gasteiger charge is 2.04. The number of hydrogen-bond donors (Lipinski definition) is 2. The van der Waals surface area contributed by atoms with E-state index in [-0.39, 0.29) is 24.0 Å². The number of halogens is 1. The summed E-state index contributed by atoms with van der Waals surface area (Å²) in [6, 6.07) is 7.80. The maximum absolute atomic E-state index is 5.87. The van der Waals surface area contributed by atoms with Crippen LogP contribution in [0.4, 0.5) is 0 Å². The van der Waals surface area contributed by atoms with E-state index < -0.39 is 0 Å². The molecule has 138 valence electrons. The van der Waals surface area contributed by atoms with Gasteiger partial charge in [-0.05, 0) is 36.6 Å². The lowest BCUT2D eigenvalue weighted by molar-refractivity contribution is 0.354. The normalized spacial score (nSPS) is 10.9. The smallest absolute Gasteiger partial charge is 0.188 e. The third-order valence-electron chi connectivity index (χ3n) is 3.55. The minimum Gasteiger partial charge on any atom is -0.493 e. The summed E-state index contributed by atoms with van der Waals surface area (Å²) in [7, 11) is 3.26. The molecule has 0 fully saturated rings. The molecule has 1 aromatic heterocycles. The summed E-state index contributed by atoms with van der Waals surface area (Å²) in [5.41, 5.74) is 7.02. The number of ether oxygens (including phenoxy) is 2. The van der Waals surface area contributed by atoms with Gasteiger partial charge in [-0.2, -0.15) is 5.10 Å². The monoisotopic (exact) mass is 459 g/mol. The Balaban J connectivity index is 0.00000312. The van der Waals surface area contributed by atoms with Gasteiger partial charge in [0.25, 0.3) is 0 Å². The molecule has 0 bridgehead atoms. The Labute approximate surface area is 165 Å². The maximum atomic E-state index is 5.87. The Morgan fingerprint density at radius 2 is 2.08 bits per heavy atom. The van der Waals surface area contributed by atoms with Gasteiger partial charge in [0.1, 0.15) is 0 Å². The molecular weight excluding hydrogens is 433 g/mol. The predicted octanol–water partition coefficient (Wildman–Crippen LogP) is 2.06. The van der Waals surface area contributed by atoms with Gasteiger partial charge in [0, 0.05) is 32.0 Å². The topological polar surface area (TPSA) is 86.7 Å². The van der Waals surface area contributed by atoms with Crippen LogP contribution in [0.5, 0.6) is 11.5 Å². The third kappa shape index (κ3) is 7.20. The van der Waals surface area contributed by atoms with Gasteiger partial charge in [0.05, 0.1) is 14.2 Å². The molecule has 2 rings (SSSR count). The van der Waals surface area contributed by atoms with Crippen molar-refractivity contribution in [2.75, 3.05) is 27.3 Å². The van der Waals surface area contributed by atoms with E-state index in [1.54, 1.807) is 20.4 Å². The minimum atomic E-state index is 0. The molecule has 0 aliphatic carbocycles. The number of guanidine groups is 1. The lowest BCUT2D eigenvalue weighted by Crippen LogP contribution is -2.33. The third-order valence-corrected chi connectivity index (χ3v) is 3.55. The van der Waals surface area contributed by atoms with Crippen LogP contribution in [0.25, 0.3) is 0 Å². The number of nitrogens with one attached hydrogen (secondary N) is 1. The summed E-state index contributed by atoms with van der Waals surface area (Å²) in [4.78, 5) is 4.31. The van der Waals surface area contributed by atoms with Crippen molar-refractivity contribution in [3.05, 3.63) is 42.2 Å². The quantitative estimate of drug-likeness (QED) is 0.260. The molecule has 0 unspecified atom stereocenters. The summed E-state index contributed by atoms with van der Waals surface area (Å²) in [5, 5.41) is 7.27. The Kier molecular flexibility index (Phi) is 9.75. The second-order valence-electron chi connectivity index (χ2n) is 5.26. The number of aryl methyl sites for hydroxylation is 1. The zero-order valence-electron chi connectivity index (χ0n) is 14.6. The van der Waals surface area contributed by atoms with Crippen molar-refractivity contribution in [1.29, 1.82) is 0 Å². The van der Waals surface area contributed by atoms with E-state index in [0.717, 1.165) is 36.4 Å². The zero-order valence-corrected chi connectivity index (χ0v) is 17.0. The minimum absolute atomic E-state index is 0. The van der Waals surface area contributed by atoms with Crippen molar-refractivity contribution < 1.29 is 9.47 Å². The summed E-state index contributed by atoms with van der Waals surface area (Å²) in [5.74, 6) is 1.93. The molecule has 0 aliphatic rings. The highest BCUT2D eigenvalue weighted by Crippen LogP contribution is 2.27. The van der Waals surface area contributed by atoms with Crippen LogP contribution in [0.3, 0.4) is 0 Å². The molecule has 0 spiro atoms.